The maximum absolute atomic E-state index is 12.6. The van der Waals surface area contributed by atoms with Gasteiger partial charge in [-0.1, -0.05) is 6.07 Å². The fourth-order valence-electron chi connectivity index (χ4n) is 1.71. The lowest BCUT2D eigenvalue weighted by atomic mass is 10.1. The van der Waals surface area contributed by atoms with Crippen molar-refractivity contribution in [1.82, 2.24) is 9.55 Å². The van der Waals surface area contributed by atoms with Gasteiger partial charge in [-0.05, 0) is 24.6 Å². The van der Waals surface area contributed by atoms with Gasteiger partial charge in [-0.15, -0.1) is 0 Å². The summed E-state index contributed by atoms with van der Waals surface area (Å²) in [5, 5.41) is 11.8. The fraction of sp³-hybridized carbons (Fsp3) is 0.231. The minimum absolute atomic E-state index is 0.174. The number of aromatic nitrogens is 2. The van der Waals surface area contributed by atoms with E-state index in [4.69, 9.17) is 5.26 Å². The molecule has 0 unspecified atom stereocenters. The van der Waals surface area contributed by atoms with E-state index in [-0.39, 0.29) is 12.4 Å². The van der Waals surface area contributed by atoms with Crippen LogP contribution in [0.15, 0.2) is 30.6 Å². The Morgan fingerprint density at radius 3 is 2.95 bits per heavy atom. The normalized spacial score (nSPS) is 10.5. The smallest absolute Gasteiger partial charge is 0.319 e. The molecule has 1 aromatic heterocycles. The number of aryl methyl sites for hydroxylation is 1. The van der Waals surface area contributed by atoms with E-state index in [0.717, 1.165) is 15.8 Å². The standard InChI is InChI=1S/C13H12F2N4/c1-9-2-3-10(7-16)6-11(9)18-8-12-17-4-5-19(12)13(14)15/h2-6,13,18H,8H2,1H3. The van der Waals surface area contributed by atoms with Crippen LogP contribution in [0.3, 0.4) is 0 Å². The second-order valence-electron chi connectivity index (χ2n) is 4.02. The molecule has 1 aromatic carbocycles. The number of imidazole rings is 1. The molecule has 0 bridgehead atoms. The van der Waals surface area contributed by atoms with Crippen LogP contribution in [0.25, 0.3) is 0 Å². The molecule has 0 saturated carbocycles. The Morgan fingerprint density at radius 2 is 2.26 bits per heavy atom. The number of nitriles is 1. The van der Waals surface area contributed by atoms with Gasteiger partial charge >= 0.3 is 6.55 Å². The van der Waals surface area contributed by atoms with E-state index < -0.39 is 6.55 Å². The molecular weight excluding hydrogens is 250 g/mol. The average molecular weight is 262 g/mol. The van der Waals surface area contributed by atoms with Gasteiger partial charge < -0.3 is 5.32 Å². The number of hydrogen-bond donors (Lipinski definition) is 1. The molecule has 0 saturated heterocycles. The quantitative estimate of drug-likeness (QED) is 0.921. The van der Waals surface area contributed by atoms with Crippen molar-refractivity contribution in [2.45, 2.75) is 20.0 Å². The van der Waals surface area contributed by atoms with Crippen molar-refractivity contribution in [3.05, 3.63) is 47.5 Å². The van der Waals surface area contributed by atoms with Crippen LogP contribution in [0, 0.1) is 18.3 Å². The molecule has 2 aromatic rings. The number of nitrogens with one attached hydrogen (secondary N) is 1. The lowest BCUT2D eigenvalue weighted by Gasteiger charge is -2.11. The van der Waals surface area contributed by atoms with Gasteiger partial charge in [-0.25, -0.2) is 4.98 Å². The molecule has 1 heterocycles. The highest BCUT2D eigenvalue weighted by molar-refractivity contribution is 5.55. The summed E-state index contributed by atoms with van der Waals surface area (Å²) in [5.74, 6) is 0.247. The highest BCUT2D eigenvalue weighted by Gasteiger charge is 2.11. The van der Waals surface area contributed by atoms with Gasteiger partial charge in [-0.3, -0.25) is 4.57 Å². The van der Waals surface area contributed by atoms with Gasteiger partial charge in [0.15, 0.2) is 0 Å². The van der Waals surface area contributed by atoms with Gasteiger partial charge in [-0.2, -0.15) is 14.0 Å². The molecule has 6 heteroatoms. The average Bonchev–Trinajstić information content (AvgIpc) is 2.86. The van der Waals surface area contributed by atoms with Crippen LogP contribution in [0.2, 0.25) is 0 Å². The number of alkyl halides is 2. The number of hydrogen-bond acceptors (Lipinski definition) is 3. The summed E-state index contributed by atoms with van der Waals surface area (Å²) in [6.07, 6.45) is 2.57. The first-order chi connectivity index (χ1) is 9.11. The van der Waals surface area contributed by atoms with Crippen molar-refractivity contribution in [3.8, 4) is 6.07 Å². The van der Waals surface area contributed by atoms with Gasteiger partial charge in [0.05, 0.1) is 18.2 Å². The Morgan fingerprint density at radius 1 is 1.47 bits per heavy atom. The third-order valence-corrected chi connectivity index (χ3v) is 2.76. The van der Waals surface area contributed by atoms with Crippen LogP contribution in [0.4, 0.5) is 14.5 Å². The maximum Gasteiger partial charge on any atom is 0.319 e. The van der Waals surface area contributed by atoms with E-state index in [1.54, 1.807) is 18.2 Å². The first kappa shape index (κ1) is 13.0. The topological polar surface area (TPSA) is 53.6 Å². The van der Waals surface area contributed by atoms with Crippen LogP contribution in [-0.2, 0) is 6.54 Å². The van der Waals surface area contributed by atoms with E-state index in [0.29, 0.717) is 5.56 Å². The third kappa shape index (κ3) is 2.88. The molecule has 19 heavy (non-hydrogen) atoms. The Kier molecular flexibility index (Phi) is 3.76. The summed E-state index contributed by atoms with van der Waals surface area (Å²) in [5.41, 5.74) is 2.20. The number of benzene rings is 1. The number of nitrogens with zero attached hydrogens (tertiary/aromatic N) is 3. The monoisotopic (exact) mass is 262 g/mol. The summed E-state index contributed by atoms with van der Waals surface area (Å²) in [4.78, 5) is 3.88. The Balaban J connectivity index is 2.15. The summed E-state index contributed by atoms with van der Waals surface area (Å²) >= 11 is 0. The Hall–Kier alpha value is -2.42. The lowest BCUT2D eigenvalue weighted by molar-refractivity contribution is 0.0673. The largest absolute Gasteiger partial charge is 0.378 e. The zero-order chi connectivity index (χ0) is 13.8. The zero-order valence-electron chi connectivity index (χ0n) is 10.3. The van der Waals surface area contributed by atoms with Crippen LogP contribution < -0.4 is 5.32 Å². The third-order valence-electron chi connectivity index (χ3n) is 2.76. The van der Waals surface area contributed by atoms with Crippen molar-refractivity contribution in [2.75, 3.05) is 5.32 Å². The highest BCUT2D eigenvalue weighted by Crippen LogP contribution is 2.18. The van der Waals surface area contributed by atoms with Gasteiger partial charge in [0, 0.05) is 18.1 Å². The zero-order valence-corrected chi connectivity index (χ0v) is 10.3. The molecule has 0 amide bonds. The predicted octanol–water partition coefficient (Wildman–Crippen LogP) is 3.07. The molecular formula is C13H12F2N4. The summed E-state index contributed by atoms with van der Waals surface area (Å²) < 4.78 is 26.1. The second kappa shape index (κ2) is 5.48. The van der Waals surface area contributed by atoms with E-state index in [2.05, 4.69) is 10.3 Å². The van der Waals surface area contributed by atoms with Crippen molar-refractivity contribution in [2.24, 2.45) is 0 Å². The summed E-state index contributed by atoms with van der Waals surface area (Å²) in [6.45, 7) is -0.554. The molecule has 0 fully saturated rings. The van der Waals surface area contributed by atoms with Gasteiger partial charge in [0.1, 0.15) is 5.82 Å². The van der Waals surface area contributed by atoms with Crippen molar-refractivity contribution in [3.63, 3.8) is 0 Å². The summed E-state index contributed by atoms with van der Waals surface area (Å²) in [6, 6.07) is 7.24. The molecule has 2 rings (SSSR count). The van der Waals surface area contributed by atoms with E-state index in [9.17, 15) is 8.78 Å². The predicted molar refractivity (Wildman–Crippen MR) is 66.7 cm³/mol. The van der Waals surface area contributed by atoms with Gasteiger partial charge in [0.25, 0.3) is 0 Å². The Bertz CT molecular complexity index is 613. The molecule has 0 radical (unpaired) electrons. The molecule has 4 nitrogen and oxygen atoms in total. The molecule has 0 aliphatic heterocycles. The Labute approximate surface area is 109 Å². The van der Waals surface area contributed by atoms with Crippen molar-refractivity contribution in [1.29, 1.82) is 5.26 Å². The molecule has 0 aliphatic carbocycles. The van der Waals surface area contributed by atoms with E-state index in [1.807, 2.05) is 13.0 Å². The first-order valence-corrected chi connectivity index (χ1v) is 5.66. The first-order valence-electron chi connectivity index (χ1n) is 5.66. The van der Waals surface area contributed by atoms with Crippen LogP contribution >= 0.6 is 0 Å². The van der Waals surface area contributed by atoms with Crippen LogP contribution in [0.5, 0.6) is 0 Å². The van der Waals surface area contributed by atoms with Gasteiger partial charge in [0.2, 0.25) is 0 Å². The minimum atomic E-state index is -2.61. The fourth-order valence-corrected chi connectivity index (χ4v) is 1.71. The number of rotatable bonds is 4. The van der Waals surface area contributed by atoms with Crippen molar-refractivity contribution < 1.29 is 8.78 Å². The molecule has 0 atom stereocenters. The number of anilines is 1. The SMILES string of the molecule is Cc1ccc(C#N)cc1NCc1nccn1C(F)F. The number of halogens is 2. The van der Waals surface area contributed by atoms with Crippen LogP contribution in [0.1, 0.15) is 23.5 Å². The van der Waals surface area contributed by atoms with Crippen molar-refractivity contribution >= 4 is 5.69 Å². The second-order valence-corrected chi connectivity index (χ2v) is 4.02. The highest BCUT2D eigenvalue weighted by atomic mass is 19.3. The minimum Gasteiger partial charge on any atom is -0.378 e. The van der Waals surface area contributed by atoms with E-state index in [1.165, 1.54) is 12.4 Å². The maximum atomic E-state index is 12.6. The lowest BCUT2D eigenvalue weighted by Crippen LogP contribution is -2.09. The molecule has 1 N–H and O–H groups in total. The summed E-state index contributed by atoms with van der Waals surface area (Å²) in [7, 11) is 0. The molecule has 0 spiro atoms. The molecule has 0 aliphatic rings. The van der Waals surface area contributed by atoms with E-state index >= 15 is 0 Å². The molecule has 98 valence electrons. The van der Waals surface area contributed by atoms with Crippen LogP contribution in [-0.4, -0.2) is 9.55 Å².